The van der Waals surface area contributed by atoms with Crippen LogP contribution in [0.3, 0.4) is 0 Å². The van der Waals surface area contributed by atoms with Crippen LogP contribution in [0.1, 0.15) is 117 Å². The van der Waals surface area contributed by atoms with Crippen LogP contribution in [-0.2, 0) is 9.47 Å². The van der Waals surface area contributed by atoms with Crippen LogP contribution < -0.4 is 19.5 Å². The molecular weight excluding hydrogens is 1240 g/mol. The summed E-state index contributed by atoms with van der Waals surface area (Å²) in [5.74, 6) is 2.21. The van der Waals surface area contributed by atoms with Crippen molar-refractivity contribution in [1.82, 2.24) is 20.0 Å². The number of benzene rings is 4. The van der Waals surface area contributed by atoms with Crippen molar-refractivity contribution in [3.05, 3.63) is 130 Å². The molecule has 0 unspecified atom stereocenters. The Bertz CT molecular complexity index is 3420. The average Bonchev–Trinajstić information content (AvgIpc) is 0.766. The minimum Gasteiger partial charge on any atom is -0.507 e. The van der Waals surface area contributed by atoms with Gasteiger partial charge in [-0.05, 0) is 133 Å². The molecule has 4 aromatic carbocycles. The molecule has 8 rings (SSSR count). The zero-order chi connectivity index (χ0) is 76.6. The van der Waals surface area contributed by atoms with E-state index in [9.17, 15) is 19.5 Å². The number of hydrogen-bond acceptors (Lipinski definition) is 10. The van der Waals surface area contributed by atoms with E-state index >= 15 is 0 Å². The van der Waals surface area contributed by atoms with Crippen LogP contribution in [0.5, 0.6) is 23.0 Å². The van der Waals surface area contributed by atoms with Gasteiger partial charge in [0.05, 0.1) is 0 Å². The second-order valence-electron chi connectivity index (χ2n) is 28.0. The number of phenols is 1. The SMILES string of the molecule is CCN(CC)C(=O)c1ccc(C2=CC3(CCN(C(=O)OC(C)(C)C)CC3)Oc3ccccc32)c(OCOC)c1.CCN(CC)C(=O)c1ccc(C2=CC3(CCNCC3)Oc3ccccc32)c(O)c1.[B][B]B([B])B(B(B([B])[B])B([B])[B])B(B(B([B])[B])B([B])[B])B(B(B([B])[B])B([B])[B])B(B([B])[B])B([B])[B]. The quantitative estimate of drug-likeness (QED) is 0.0453. The van der Waals surface area contributed by atoms with E-state index in [1.54, 1.807) is 33.9 Å². The number of hydrogen-bond donors (Lipinski definition) is 2. The first-order valence-corrected chi connectivity index (χ1v) is 35.4. The van der Waals surface area contributed by atoms with Crippen LogP contribution in [0.4, 0.5) is 4.79 Å². The van der Waals surface area contributed by atoms with Gasteiger partial charge in [-0.1, -0.05) is 36.4 Å². The fourth-order valence-electron chi connectivity index (χ4n) is 14.8. The normalized spacial score (nSPS) is 14.2. The van der Waals surface area contributed by atoms with Gasteiger partial charge in [0.1, 0.15) is 39.8 Å². The number of fused-ring (bicyclic) bond motifs is 2. The molecule has 3 amide bonds. The van der Waals surface area contributed by atoms with Crippen LogP contribution in [0.2, 0.25) is 0 Å². The maximum atomic E-state index is 13.1. The smallest absolute Gasteiger partial charge is 0.410 e. The maximum absolute atomic E-state index is 13.1. The molecule has 2 N–H and O–H groups in total. The third kappa shape index (κ3) is 22.3. The summed E-state index contributed by atoms with van der Waals surface area (Å²) in [6.45, 7) is 18.9. The van der Waals surface area contributed by atoms with Crippen molar-refractivity contribution in [1.29, 1.82) is 0 Å². The molecule has 4 aliphatic rings. The standard InChI is InChI=1S/C31H40N2O6.C24H28N2O3.B35/c1-7-32(8-2)28(34)22-13-14-24(27(19-22)37-21-36-6)25-20-31(38-26-12-10-9-11-23(25)26)15-17-33(18-16-31)29(35)39-30(3,4)5;1-3-26(4-2)23(28)17-9-10-18(21(27)15-17)20-16-24(11-13-25-14-12-24)29-22-8-6-5-7-19(20)22;1-19-28(18)33(29(20(2)3)21(4)5)35(32(26(14)15)27(16)17)34(30(22(6)7)23(8)9)31(24(10)11)25(12)13/h9-14,19-20H,7-8,15-18,21H2,1-6H3;5-10,15-16,25,27H,3-4,11-14H2,1-2H3;. The molecule has 2 saturated heterocycles. The highest BCUT2D eigenvalue weighted by molar-refractivity contribution is 8.30. The maximum Gasteiger partial charge on any atom is 0.410 e. The first-order chi connectivity index (χ1) is 48.6. The molecule has 467 valence electrons. The number of nitrogens with zero attached hydrogens (tertiary/aromatic N) is 3. The predicted octanol–water partition coefficient (Wildman–Crippen LogP) is -3.76. The van der Waals surface area contributed by atoms with Gasteiger partial charge in [-0.15, -0.1) is 0 Å². The van der Waals surface area contributed by atoms with Crippen LogP contribution >= 0.6 is 0 Å². The lowest BCUT2D eigenvalue weighted by atomic mass is 8.29. The summed E-state index contributed by atoms with van der Waals surface area (Å²) >= 11 is 0. The van der Waals surface area contributed by atoms with Gasteiger partial charge in [-0.2, -0.15) is 0 Å². The summed E-state index contributed by atoms with van der Waals surface area (Å²) in [7, 11) is 113. The summed E-state index contributed by atoms with van der Waals surface area (Å²) in [4.78, 5) is 43.7. The molecule has 0 saturated carbocycles. The van der Waals surface area contributed by atoms with Crippen molar-refractivity contribution in [2.45, 2.75) is 91.0 Å². The van der Waals surface area contributed by atoms with Gasteiger partial charge >= 0.3 is 6.09 Å². The number of methoxy groups -OCH3 is 1. The van der Waals surface area contributed by atoms with Gasteiger partial charge in [0, 0.05) is 354 Å². The lowest BCUT2D eigenvalue weighted by Crippen LogP contribution is -2.90. The molecule has 4 aromatic rings. The Morgan fingerprint density at radius 2 is 0.913 bits per heavy atom. The third-order valence-electron chi connectivity index (χ3n) is 19.9. The Hall–Kier alpha value is -4.04. The number of amides is 3. The van der Waals surface area contributed by atoms with E-state index in [0.717, 1.165) is 70.8 Å². The molecule has 13 nitrogen and oxygen atoms in total. The predicted molar refractivity (Wildman–Crippen MR) is 466 cm³/mol. The fraction of sp³-hybridized carbons (Fsp3) is 0.436. The highest BCUT2D eigenvalue weighted by atomic mass is 16.7. The molecular formula is C55H68B35N4O9. The minimum absolute atomic E-state index is 0.0406. The molecule has 4 heterocycles. The van der Waals surface area contributed by atoms with Gasteiger partial charge in [0.15, 0.2) is 6.79 Å². The number of phenolic OH excluding ortho intramolecular Hbond substituents is 1. The first-order valence-electron chi connectivity index (χ1n) is 35.4. The second kappa shape index (κ2) is 39.9. The van der Waals surface area contributed by atoms with E-state index in [1.165, 1.54) is 7.06 Å². The molecule has 2 spiro atoms. The van der Waals surface area contributed by atoms with E-state index in [0.29, 0.717) is 69.0 Å². The highest BCUT2D eigenvalue weighted by Gasteiger charge is 2.55. The Morgan fingerprint density at radius 1 is 0.534 bits per heavy atom. The Balaban J connectivity index is 0.000000245. The van der Waals surface area contributed by atoms with Crippen LogP contribution in [-0.4, -0.2) is 369 Å². The second-order valence-corrected chi connectivity index (χ2v) is 28.0. The van der Waals surface area contributed by atoms with Gasteiger partial charge in [0.25, 0.3) is 11.8 Å². The first kappa shape index (κ1) is 87.9. The zero-order valence-corrected chi connectivity index (χ0v) is 61.2. The van der Waals surface area contributed by atoms with Crippen molar-refractivity contribution < 1.29 is 43.2 Å². The van der Waals surface area contributed by atoms with E-state index in [-0.39, 0.29) is 36.1 Å². The average molecular weight is 1310 g/mol. The molecule has 0 aromatic heterocycles. The lowest BCUT2D eigenvalue weighted by Gasteiger charge is -2.52. The highest BCUT2D eigenvalue weighted by Crippen LogP contribution is 2.47. The molecule has 0 aliphatic carbocycles. The zero-order valence-electron chi connectivity index (χ0n) is 61.2. The van der Waals surface area contributed by atoms with E-state index in [1.807, 2.05) is 121 Å². The van der Waals surface area contributed by atoms with Crippen molar-refractivity contribution >= 4 is 278 Å². The van der Waals surface area contributed by atoms with Gasteiger partial charge in [0.2, 0.25) is 0 Å². The number of carbonyl (C=O) groups excluding carboxylic acids is 3. The number of ether oxygens (including phenoxy) is 5. The number of likely N-dealkylation sites (tertiary alicyclic amines) is 1. The van der Waals surface area contributed by atoms with Gasteiger partial charge in [-0.3, -0.25) is 9.59 Å². The van der Waals surface area contributed by atoms with Crippen LogP contribution in [0.15, 0.2) is 97.1 Å². The van der Waals surface area contributed by atoms with Crippen molar-refractivity contribution in [3.8, 4) is 23.0 Å². The van der Waals surface area contributed by atoms with Crippen LogP contribution in [0, 0.1) is 0 Å². The molecule has 0 atom stereocenters. The number of aromatic hydroxyl groups is 1. The Labute approximate surface area is 647 Å². The molecule has 2 fully saturated rings. The van der Waals surface area contributed by atoms with Gasteiger partial charge in [-0.25, -0.2) is 4.79 Å². The van der Waals surface area contributed by atoms with Crippen molar-refractivity contribution in [2.24, 2.45) is 0 Å². The summed E-state index contributed by atoms with van der Waals surface area (Å²) in [5, 5.41) is 14.3. The molecule has 103 heavy (non-hydrogen) atoms. The number of para-hydroxylation sites is 2. The van der Waals surface area contributed by atoms with Crippen molar-refractivity contribution in [3.63, 3.8) is 0 Å². The van der Waals surface area contributed by atoms with E-state index < -0.39 is 113 Å². The Kier molecular flexibility index (Phi) is 34.0. The number of nitrogens with one attached hydrogen (secondary N) is 1. The van der Waals surface area contributed by atoms with Crippen LogP contribution in [0.25, 0.3) is 11.1 Å². The molecule has 0 bridgehead atoms. The number of piperidine rings is 2. The molecule has 48 heteroatoms. The summed E-state index contributed by atoms with van der Waals surface area (Å²) < 4.78 is 29.8. The largest absolute Gasteiger partial charge is 0.507 e. The summed E-state index contributed by atoms with van der Waals surface area (Å²) in [6, 6.07) is 26.7. The fourth-order valence-corrected chi connectivity index (χ4v) is 14.8. The monoisotopic (exact) mass is 1310 g/mol. The number of rotatable bonds is 27. The summed E-state index contributed by atoms with van der Waals surface area (Å²) in [5.41, 5.74) is 5.01. The van der Waals surface area contributed by atoms with Crippen molar-refractivity contribution in [2.75, 3.05) is 66.3 Å². The minimum atomic E-state index is -1.13. The summed E-state index contributed by atoms with van der Waals surface area (Å²) in [6.07, 6.45) is -9.36. The van der Waals surface area contributed by atoms with Gasteiger partial charge < -0.3 is 48.8 Å². The lowest BCUT2D eigenvalue weighted by molar-refractivity contribution is -0.00120. The third-order valence-corrected chi connectivity index (χ3v) is 19.9. The Morgan fingerprint density at radius 3 is 1.30 bits per heavy atom. The molecule has 37 radical (unpaired) electrons. The molecule has 4 aliphatic heterocycles. The van der Waals surface area contributed by atoms with E-state index in [4.69, 9.17) is 163 Å². The topological polar surface area (TPSA) is 139 Å². The van der Waals surface area contributed by atoms with E-state index in [2.05, 4.69) is 17.5 Å². The number of carbonyl (C=O) groups is 3.